The standard InChI is InChI=1S/C20H14N4.C14H12FN2O2.ClH/c1-2-14-10-16-5-6-18(23-16)12-20-8-7-19(24-20)11-17-4-3-15(22-17)9-13(1)21-14;1-8-7-16-14(10(3)9(8)2)11-4-5-12(15)13(6-11)17(18)19;/h1-12,21-22H;4-6H,1-3H3;1H/q;+1;/p-1. The van der Waals surface area contributed by atoms with Crippen molar-refractivity contribution in [2.75, 3.05) is 0 Å². The van der Waals surface area contributed by atoms with Crippen LogP contribution in [0.25, 0.3) is 46.4 Å². The largest absolute Gasteiger partial charge is 1.00 e. The number of nitrogens with zero attached hydrogens (tertiary/aromatic N) is 4. The molecule has 0 saturated heterocycles. The highest BCUT2D eigenvalue weighted by molar-refractivity contribution is 6.14. The molecular formula is C34H26ClFN6O2. The Labute approximate surface area is 258 Å². The van der Waals surface area contributed by atoms with Gasteiger partial charge in [0.05, 0.1) is 44.4 Å². The van der Waals surface area contributed by atoms with Crippen molar-refractivity contribution >= 4 is 57.8 Å². The van der Waals surface area contributed by atoms with Gasteiger partial charge in [0.2, 0.25) is 5.82 Å². The summed E-state index contributed by atoms with van der Waals surface area (Å²) < 4.78 is 13.3. The van der Waals surface area contributed by atoms with E-state index in [4.69, 9.17) is 0 Å². The number of aromatic amines is 2. The zero-order valence-electron chi connectivity index (χ0n) is 24.0. The van der Waals surface area contributed by atoms with E-state index in [1.54, 1.807) is 0 Å². The molecule has 218 valence electrons. The summed E-state index contributed by atoms with van der Waals surface area (Å²) in [6.45, 7) is 5.71. The molecule has 2 N–H and O–H groups in total. The first-order chi connectivity index (χ1) is 20.7. The SMILES string of the molecule is C1=Cc2cc3ccc(cc4ccc(cc5nc(cc1n2)C=C5)[nH]4)[nH]3.CC1=[C+]N=C(c2ccc(F)c([N+](=O)[O-])c2)C(C)=C1C.[Cl-]. The number of benzene rings is 1. The molecule has 0 unspecified atom stereocenters. The number of rotatable bonds is 2. The third-order valence-electron chi connectivity index (χ3n) is 7.27. The molecule has 1 aromatic carbocycles. The van der Waals surface area contributed by atoms with Crippen LogP contribution < -0.4 is 12.4 Å². The minimum atomic E-state index is -0.848. The van der Waals surface area contributed by atoms with Crippen LogP contribution in [-0.4, -0.2) is 30.6 Å². The zero-order valence-corrected chi connectivity index (χ0v) is 24.8. The molecule has 4 aromatic rings. The van der Waals surface area contributed by atoms with Crippen molar-refractivity contribution in [1.82, 2.24) is 19.9 Å². The number of hydrogen-bond donors (Lipinski definition) is 2. The molecule has 0 saturated carbocycles. The van der Waals surface area contributed by atoms with Crippen LogP contribution in [0.3, 0.4) is 0 Å². The molecule has 3 aliphatic heterocycles. The number of halogens is 2. The average molecular weight is 605 g/mol. The molecule has 8 bridgehead atoms. The highest BCUT2D eigenvalue weighted by atomic mass is 35.5. The van der Waals surface area contributed by atoms with Gasteiger partial charge in [-0.15, -0.1) is 0 Å². The van der Waals surface area contributed by atoms with Crippen LogP contribution in [0.4, 0.5) is 10.1 Å². The predicted octanol–water partition coefficient (Wildman–Crippen LogP) is 5.24. The summed E-state index contributed by atoms with van der Waals surface area (Å²) in [7, 11) is 0. The van der Waals surface area contributed by atoms with Crippen molar-refractivity contribution in [1.29, 1.82) is 0 Å². The lowest BCUT2D eigenvalue weighted by atomic mass is 9.94. The number of nitrogens with one attached hydrogen (secondary N) is 2. The maximum absolute atomic E-state index is 13.3. The quantitative estimate of drug-likeness (QED) is 0.160. The van der Waals surface area contributed by atoms with Crippen LogP contribution >= 0.6 is 0 Å². The van der Waals surface area contributed by atoms with Gasteiger partial charge in [-0.1, -0.05) is 4.99 Å². The van der Waals surface area contributed by atoms with Gasteiger partial charge in [-0.05, 0) is 98.8 Å². The Kier molecular flexibility index (Phi) is 8.44. The smallest absolute Gasteiger partial charge is 0.306 e. The molecule has 3 aliphatic rings. The number of hydrogen-bond acceptors (Lipinski definition) is 5. The second-order valence-electron chi connectivity index (χ2n) is 10.3. The monoisotopic (exact) mass is 604 g/mol. The Bertz CT molecular complexity index is 2030. The van der Waals surface area contributed by atoms with E-state index in [9.17, 15) is 14.5 Å². The second kappa shape index (κ2) is 12.4. The van der Waals surface area contributed by atoms with Crippen molar-refractivity contribution in [3.05, 3.63) is 134 Å². The molecule has 0 spiro atoms. The van der Waals surface area contributed by atoms with E-state index in [0.717, 1.165) is 67.6 Å². The summed E-state index contributed by atoms with van der Waals surface area (Å²) in [5.74, 6) is -0.848. The predicted molar refractivity (Wildman–Crippen MR) is 169 cm³/mol. The summed E-state index contributed by atoms with van der Waals surface area (Å²) in [5, 5.41) is 10.7. The maximum Gasteiger partial charge on any atom is 0.306 e. The van der Waals surface area contributed by atoms with Gasteiger partial charge in [0.15, 0.2) is 11.9 Å². The van der Waals surface area contributed by atoms with E-state index >= 15 is 0 Å². The number of allylic oxidation sites excluding steroid dienone is 3. The normalized spacial score (nSPS) is 13.3. The fourth-order valence-electron chi connectivity index (χ4n) is 4.79. The Morgan fingerprint density at radius 3 is 1.73 bits per heavy atom. The van der Waals surface area contributed by atoms with Crippen molar-refractivity contribution in [2.24, 2.45) is 4.99 Å². The van der Waals surface area contributed by atoms with Crippen molar-refractivity contribution in [2.45, 2.75) is 20.8 Å². The molecule has 44 heavy (non-hydrogen) atoms. The summed E-state index contributed by atoms with van der Waals surface area (Å²) in [4.78, 5) is 30.2. The van der Waals surface area contributed by atoms with Gasteiger partial charge in [0.25, 0.3) is 0 Å². The fraction of sp³-hybridized carbons (Fsp3) is 0.0882. The molecule has 3 aromatic heterocycles. The summed E-state index contributed by atoms with van der Waals surface area (Å²) in [6, 6.07) is 20.2. The van der Waals surface area contributed by atoms with Crippen LogP contribution in [0.15, 0.2) is 88.4 Å². The van der Waals surface area contributed by atoms with E-state index in [-0.39, 0.29) is 12.4 Å². The average Bonchev–Trinajstić information content (AvgIpc) is 3.79. The Hall–Kier alpha value is -5.50. The number of aliphatic imine (C=N–C) groups is 1. The Balaban J connectivity index is 0.000000176. The van der Waals surface area contributed by atoms with Gasteiger partial charge >= 0.3 is 5.69 Å². The van der Waals surface area contributed by atoms with Gasteiger partial charge in [-0.3, -0.25) is 10.1 Å². The molecule has 0 fully saturated rings. The second-order valence-corrected chi connectivity index (χ2v) is 10.3. The lowest BCUT2D eigenvalue weighted by molar-refractivity contribution is -0.387. The van der Waals surface area contributed by atoms with E-state index in [2.05, 4.69) is 61.5 Å². The number of fused-ring (bicyclic) bond motifs is 8. The molecule has 7 rings (SSSR count). The Morgan fingerprint density at radius 2 is 1.20 bits per heavy atom. The number of H-pyrrole nitrogens is 2. The van der Waals surface area contributed by atoms with Gasteiger partial charge < -0.3 is 22.4 Å². The first-order valence-corrected chi connectivity index (χ1v) is 13.6. The first-order valence-electron chi connectivity index (χ1n) is 13.6. The van der Waals surface area contributed by atoms with Crippen LogP contribution in [0.1, 0.15) is 49.1 Å². The number of aromatic nitrogens is 4. The van der Waals surface area contributed by atoms with Crippen LogP contribution in [-0.2, 0) is 0 Å². The topological polar surface area (TPSA) is 113 Å². The molecule has 0 aliphatic carbocycles. The molecule has 0 amide bonds. The highest BCUT2D eigenvalue weighted by Gasteiger charge is 2.26. The zero-order chi connectivity index (χ0) is 30.1. The third kappa shape index (κ3) is 6.44. The van der Waals surface area contributed by atoms with Crippen LogP contribution in [0.2, 0.25) is 0 Å². The molecule has 0 radical (unpaired) electrons. The minimum Gasteiger partial charge on any atom is -1.00 e. The van der Waals surface area contributed by atoms with E-state index in [1.807, 2.05) is 63.3 Å². The van der Waals surface area contributed by atoms with Crippen molar-refractivity contribution in [3.8, 4) is 0 Å². The van der Waals surface area contributed by atoms with E-state index in [1.165, 1.54) is 12.1 Å². The summed E-state index contributed by atoms with van der Waals surface area (Å²) in [5.41, 5.74) is 11.3. The third-order valence-corrected chi connectivity index (χ3v) is 7.27. The lowest BCUT2D eigenvalue weighted by Gasteiger charge is -2.05. The van der Waals surface area contributed by atoms with Gasteiger partial charge in [0, 0.05) is 35.1 Å². The van der Waals surface area contributed by atoms with Gasteiger partial charge in [-0.25, -0.2) is 9.97 Å². The van der Waals surface area contributed by atoms with Crippen LogP contribution in [0, 0.1) is 22.1 Å². The minimum absolute atomic E-state index is 0. The van der Waals surface area contributed by atoms with Gasteiger partial charge in [-0.2, -0.15) is 4.39 Å². The highest BCUT2D eigenvalue weighted by Crippen LogP contribution is 2.26. The first kappa shape index (κ1) is 30.0. The molecule has 0 atom stereocenters. The van der Waals surface area contributed by atoms with Gasteiger partial charge in [0.1, 0.15) is 5.57 Å². The molecule has 6 heterocycles. The Morgan fingerprint density at radius 1 is 0.705 bits per heavy atom. The van der Waals surface area contributed by atoms with E-state index in [0.29, 0.717) is 11.3 Å². The summed E-state index contributed by atoms with van der Waals surface area (Å²) >= 11 is 0. The number of nitro benzene ring substituents is 1. The van der Waals surface area contributed by atoms with E-state index < -0.39 is 16.4 Å². The summed E-state index contributed by atoms with van der Waals surface area (Å²) in [6.07, 6.45) is 10.9. The van der Waals surface area contributed by atoms with Crippen LogP contribution in [0.5, 0.6) is 0 Å². The molecule has 10 heteroatoms. The molecule has 8 nitrogen and oxygen atoms in total. The fourth-order valence-corrected chi connectivity index (χ4v) is 4.79. The molecular weight excluding hydrogens is 579 g/mol. The van der Waals surface area contributed by atoms with Crippen molar-refractivity contribution in [3.63, 3.8) is 0 Å². The lowest BCUT2D eigenvalue weighted by Crippen LogP contribution is -3.00. The number of nitro groups is 1. The maximum atomic E-state index is 13.3. The van der Waals surface area contributed by atoms with Crippen molar-refractivity contribution < 1.29 is 21.7 Å².